The van der Waals surface area contributed by atoms with Crippen LogP contribution < -0.4 is 19.8 Å². The van der Waals surface area contributed by atoms with Gasteiger partial charge in [-0.3, -0.25) is 4.79 Å². The molecule has 0 amide bonds. The largest absolute Gasteiger partial charge is 0.497 e. The molecule has 7 nitrogen and oxygen atoms in total. The number of rotatable bonds is 6. The standard InChI is InChI=1S/C37H30N2O5/c1-5-19-43-28-15-11-25(12-16-28)34-38-33-30(35(40)39-34)32(24-9-7-6-8-10-24)37(26-13-17-27(42-4)18-14-26)36(33,41)31-23(3)20-22(2)21-29(31)44-37/h1,6-18,20-21,32,41H,19H2,2-4H3,(H,38,39,40)/t32-,36+,37+/m1/s1. The highest BCUT2D eigenvalue weighted by atomic mass is 16.5. The van der Waals surface area contributed by atoms with Gasteiger partial charge in [0.1, 0.15) is 29.7 Å². The minimum atomic E-state index is -1.82. The number of nitrogens with one attached hydrogen (secondary N) is 1. The molecule has 218 valence electrons. The van der Waals surface area contributed by atoms with E-state index in [1.807, 2.05) is 80.6 Å². The maximum absolute atomic E-state index is 14.3. The van der Waals surface area contributed by atoms with E-state index in [-0.39, 0.29) is 17.9 Å². The van der Waals surface area contributed by atoms with Crippen molar-refractivity contribution in [1.82, 2.24) is 9.97 Å². The average molecular weight is 583 g/mol. The Balaban J connectivity index is 1.55. The molecule has 0 fully saturated rings. The first kappa shape index (κ1) is 27.5. The maximum Gasteiger partial charge on any atom is 0.255 e. The number of terminal acetylenes is 1. The van der Waals surface area contributed by atoms with E-state index in [1.165, 1.54) is 0 Å². The van der Waals surface area contributed by atoms with Gasteiger partial charge < -0.3 is 24.3 Å². The number of hydrogen-bond acceptors (Lipinski definition) is 6. The number of aromatic amines is 1. The average Bonchev–Trinajstić information content (AvgIpc) is 3.43. The van der Waals surface area contributed by atoms with E-state index < -0.39 is 17.1 Å². The third-order valence-electron chi connectivity index (χ3n) is 8.71. The van der Waals surface area contributed by atoms with Gasteiger partial charge >= 0.3 is 0 Å². The zero-order chi connectivity index (χ0) is 30.6. The van der Waals surface area contributed by atoms with Crippen LogP contribution in [-0.4, -0.2) is 28.8 Å². The first-order valence-electron chi connectivity index (χ1n) is 14.4. The second-order valence-corrected chi connectivity index (χ2v) is 11.3. The molecule has 1 aromatic heterocycles. The SMILES string of the molecule is C#CCOc1ccc(-c2nc3c(c(=O)[nH]2)[C@@H](c2ccccc2)[C@]2(c4ccc(OC)cc4)Oc4cc(C)cc(C)c4[C@]32O)cc1. The lowest BCUT2D eigenvalue weighted by atomic mass is 9.69. The Bertz CT molecular complexity index is 1990. The van der Waals surface area contributed by atoms with Gasteiger partial charge in [0, 0.05) is 16.7 Å². The fourth-order valence-electron chi connectivity index (χ4n) is 6.99. The van der Waals surface area contributed by atoms with Gasteiger partial charge in [0.15, 0.2) is 11.2 Å². The lowest BCUT2D eigenvalue weighted by molar-refractivity contribution is -0.0906. The van der Waals surface area contributed by atoms with Crippen LogP contribution in [-0.2, 0) is 11.2 Å². The van der Waals surface area contributed by atoms with Crippen molar-refractivity contribution in [2.24, 2.45) is 0 Å². The van der Waals surface area contributed by atoms with Crippen LogP contribution in [0.25, 0.3) is 11.4 Å². The second-order valence-electron chi connectivity index (χ2n) is 11.3. The second kappa shape index (κ2) is 10.1. The number of nitrogens with zero attached hydrogens (tertiary/aromatic N) is 1. The van der Waals surface area contributed by atoms with E-state index in [1.54, 1.807) is 31.4 Å². The van der Waals surface area contributed by atoms with Crippen molar-refractivity contribution < 1.29 is 19.3 Å². The number of aliphatic hydroxyl groups is 1. The molecule has 0 saturated carbocycles. The Labute approximate surface area is 255 Å². The number of methoxy groups -OCH3 is 1. The van der Waals surface area contributed by atoms with Crippen molar-refractivity contribution in [2.75, 3.05) is 13.7 Å². The summed E-state index contributed by atoms with van der Waals surface area (Å²) >= 11 is 0. The van der Waals surface area contributed by atoms with Crippen LogP contribution in [0.3, 0.4) is 0 Å². The minimum absolute atomic E-state index is 0.146. The third kappa shape index (κ3) is 3.81. The normalized spacial score (nSPS) is 21.0. The zero-order valence-corrected chi connectivity index (χ0v) is 24.5. The highest BCUT2D eigenvalue weighted by molar-refractivity contribution is 5.68. The number of aromatic nitrogens is 2. The number of benzene rings is 4. The summed E-state index contributed by atoms with van der Waals surface area (Å²) in [5, 5.41) is 13.4. The molecule has 5 aromatic rings. The van der Waals surface area contributed by atoms with Crippen LogP contribution in [0.2, 0.25) is 0 Å². The van der Waals surface area contributed by atoms with Crippen molar-refractivity contribution in [1.29, 1.82) is 0 Å². The van der Waals surface area contributed by atoms with E-state index in [0.29, 0.717) is 45.3 Å². The molecule has 1 aliphatic heterocycles. The molecule has 2 aliphatic rings. The Morgan fingerprint density at radius 1 is 1.00 bits per heavy atom. The van der Waals surface area contributed by atoms with Gasteiger partial charge in [0.2, 0.25) is 0 Å². The first-order valence-corrected chi connectivity index (χ1v) is 14.4. The van der Waals surface area contributed by atoms with Crippen molar-refractivity contribution in [3.8, 4) is 41.0 Å². The molecule has 2 N–H and O–H groups in total. The van der Waals surface area contributed by atoms with Gasteiger partial charge in [-0.25, -0.2) is 4.98 Å². The van der Waals surface area contributed by atoms with Crippen LogP contribution >= 0.6 is 0 Å². The summed E-state index contributed by atoms with van der Waals surface area (Å²) in [5.41, 5.74) is 1.61. The maximum atomic E-state index is 14.3. The van der Waals surface area contributed by atoms with E-state index in [4.69, 9.17) is 25.6 Å². The quantitative estimate of drug-likeness (QED) is 0.248. The van der Waals surface area contributed by atoms with Gasteiger partial charge in [0.25, 0.3) is 5.56 Å². The van der Waals surface area contributed by atoms with Gasteiger partial charge in [-0.1, -0.05) is 54.5 Å². The smallest absolute Gasteiger partial charge is 0.255 e. The lowest BCUT2D eigenvalue weighted by Crippen LogP contribution is -2.49. The Morgan fingerprint density at radius 3 is 2.39 bits per heavy atom. The summed E-state index contributed by atoms with van der Waals surface area (Å²) in [4.78, 5) is 22.3. The Morgan fingerprint density at radius 2 is 1.70 bits per heavy atom. The van der Waals surface area contributed by atoms with Crippen LogP contribution in [0.4, 0.5) is 0 Å². The summed E-state index contributed by atoms with van der Waals surface area (Å²) in [5.74, 6) is 3.89. The van der Waals surface area contributed by atoms with Gasteiger partial charge in [-0.05, 0) is 73.0 Å². The number of H-pyrrole nitrogens is 1. The molecule has 44 heavy (non-hydrogen) atoms. The van der Waals surface area contributed by atoms with Crippen molar-refractivity contribution in [3.63, 3.8) is 0 Å². The molecule has 7 heteroatoms. The third-order valence-corrected chi connectivity index (χ3v) is 8.71. The molecule has 0 unspecified atom stereocenters. The van der Waals surface area contributed by atoms with Crippen LogP contribution in [0.15, 0.2) is 95.8 Å². The molecular weight excluding hydrogens is 552 g/mol. The monoisotopic (exact) mass is 582 g/mol. The molecule has 4 aromatic carbocycles. The lowest BCUT2D eigenvalue weighted by Gasteiger charge is -2.40. The zero-order valence-electron chi connectivity index (χ0n) is 24.5. The van der Waals surface area contributed by atoms with Gasteiger partial charge in [0.05, 0.1) is 24.3 Å². The molecule has 3 atom stereocenters. The molecule has 0 spiro atoms. The molecule has 0 bridgehead atoms. The van der Waals surface area contributed by atoms with Gasteiger partial charge in [-0.2, -0.15) is 0 Å². The van der Waals surface area contributed by atoms with Crippen molar-refractivity contribution in [2.45, 2.75) is 31.0 Å². The van der Waals surface area contributed by atoms with E-state index >= 15 is 0 Å². The summed E-state index contributed by atoms with van der Waals surface area (Å²) in [7, 11) is 1.61. The highest BCUT2D eigenvalue weighted by Gasteiger charge is 2.73. The van der Waals surface area contributed by atoms with Crippen molar-refractivity contribution >= 4 is 0 Å². The van der Waals surface area contributed by atoms with E-state index in [2.05, 4.69) is 10.9 Å². The fraction of sp³-hybridized carbons (Fsp3) is 0.189. The number of fused-ring (bicyclic) bond motifs is 5. The van der Waals surface area contributed by atoms with Crippen LogP contribution in [0, 0.1) is 26.2 Å². The fourth-order valence-corrected chi connectivity index (χ4v) is 6.99. The van der Waals surface area contributed by atoms with E-state index in [9.17, 15) is 9.90 Å². The van der Waals surface area contributed by atoms with Crippen molar-refractivity contribution in [3.05, 3.63) is 140 Å². The molecular formula is C37H30N2O5. The Hall–Kier alpha value is -5.32. The predicted molar refractivity (Wildman–Crippen MR) is 167 cm³/mol. The van der Waals surface area contributed by atoms with Crippen LogP contribution in [0.1, 0.15) is 45.0 Å². The predicted octanol–water partition coefficient (Wildman–Crippen LogP) is 5.74. The molecule has 0 radical (unpaired) electrons. The molecule has 7 rings (SSSR count). The molecule has 0 saturated heterocycles. The minimum Gasteiger partial charge on any atom is -0.497 e. The molecule has 1 aliphatic carbocycles. The topological polar surface area (TPSA) is 93.7 Å². The highest BCUT2D eigenvalue weighted by Crippen LogP contribution is 2.68. The van der Waals surface area contributed by atoms with E-state index in [0.717, 1.165) is 16.7 Å². The summed E-state index contributed by atoms with van der Waals surface area (Å²) in [6, 6.07) is 28.2. The number of ether oxygens (including phenoxy) is 3. The number of aryl methyl sites for hydroxylation is 2. The Kier molecular flexibility index (Phi) is 6.34. The first-order chi connectivity index (χ1) is 21.3. The molecule has 2 heterocycles. The summed E-state index contributed by atoms with van der Waals surface area (Å²) in [6.07, 6.45) is 5.33. The summed E-state index contributed by atoms with van der Waals surface area (Å²) in [6.45, 7) is 4.10. The summed E-state index contributed by atoms with van der Waals surface area (Å²) < 4.78 is 18.0. The van der Waals surface area contributed by atoms with Gasteiger partial charge in [-0.15, -0.1) is 6.42 Å². The number of hydrogen-bond donors (Lipinski definition) is 2. The van der Waals surface area contributed by atoms with Crippen LogP contribution in [0.5, 0.6) is 17.2 Å².